The van der Waals surface area contributed by atoms with E-state index in [4.69, 9.17) is 0 Å². The van der Waals surface area contributed by atoms with E-state index in [0.717, 1.165) is 18.5 Å². The highest BCUT2D eigenvalue weighted by atomic mass is 16.2. The normalized spacial score (nSPS) is 17.5. The summed E-state index contributed by atoms with van der Waals surface area (Å²) in [4.78, 5) is 44.2. The number of likely N-dealkylation sites (N-methyl/N-ethyl adjacent to an activating group) is 1. The number of hydrogen-bond donors (Lipinski definition) is 1. The van der Waals surface area contributed by atoms with E-state index in [9.17, 15) is 14.4 Å². The van der Waals surface area contributed by atoms with Crippen molar-refractivity contribution in [1.82, 2.24) is 24.7 Å². The number of carbonyl (C=O) groups excluding carboxylic acids is 2. The van der Waals surface area contributed by atoms with Gasteiger partial charge in [0.1, 0.15) is 6.04 Å². The van der Waals surface area contributed by atoms with E-state index in [1.54, 1.807) is 23.8 Å². The van der Waals surface area contributed by atoms with Gasteiger partial charge in [-0.05, 0) is 26.3 Å². The van der Waals surface area contributed by atoms with Gasteiger partial charge in [0.05, 0.1) is 0 Å². The Morgan fingerprint density at radius 3 is 2.69 bits per heavy atom. The molecule has 0 bridgehead atoms. The summed E-state index contributed by atoms with van der Waals surface area (Å²) >= 11 is 0. The van der Waals surface area contributed by atoms with Crippen molar-refractivity contribution >= 4 is 11.9 Å². The predicted octanol–water partition coefficient (Wildman–Crippen LogP) is 0.903. The van der Waals surface area contributed by atoms with Gasteiger partial charge in [-0.3, -0.25) is 9.36 Å². The minimum absolute atomic E-state index is 0.00496. The van der Waals surface area contributed by atoms with Crippen LogP contribution in [-0.4, -0.2) is 64.0 Å². The van der Waals surface area contributed by atoms with E-state index in [-0.39, 0.29) is 17.6 Å². The minimum Gasteiger partial charge on any atom is -0.342 e. The van der Waals surface area contributed by atoms with E-state index in [0.29, 0.717) is 38.3 Å². The molecule has 2 rings (SSSR count). The van der Waals surface area contributed by atoms with Gasteiger partial charge in [-0.1, -0.05) is 19.8 Å². The largest absolute Gasteiger partial charge is 0.348 e. The van der Waals surface area contributed by atoms with Gasteiger partial charge in [-0.2, -0.15) is 4.98 Å². The Labute approximate surface area is 154 Å². The van der Waals surface area contributed by atoms with Gasteiger partial charge >= 0.3 is 11.7 Å². The van der Waals surface area contributed by atoms with Gasteiger partial charge in [0.2, 0.25) is 5.91 Å². The van der Waals surface area contributed by atoms with Gasteiger partial charge in [0, 0.05) is 44.6 Å². The summed E-state index contributed by atoms with van der Waals surface area (Å²) in [5, 5.41) is 2.84. The molecule has 26 heavy (non-hydrogen) atoms. The van der Waals surface area contributed by atoms with Crippen molar-refractivity contribution in [2.75, 3.05) is 26.7 Å². The Kier molecular flexibility index (Phi) is 6.76. The molecule has 1 saturated heterocycles. The average Bonchev–Trinajstić information content (AvgIpc) is 2.58. The fourth-order valence-corrected chi connectivity index (χ4v) is 3.25. The van der Waals surface area contributed by atoms with Gasteiger partial charge in [0.25, 0.3) is 0 Å². The molecule has 1 fully saturated rings. The number of piperazine rings is 1. The van der Waals surface area contributed by atoms with Crippen LogP contribution in [0.15, 0.2) is 10.9 Å². The predicted molar refractivity (Wildman–Crippen MR) is 99.0 cm³/mol. The van der Waals surface area contributed by atoms with Gasteiger partial charge < -0.3 is 15.1 Å². The number of nitrogens with zero attached hydrogens (tertiary/aromatic N) is 4. The first-order chi connectivity index (χ1) is 12.3. The zero-order valence-electron chi connectivity index (χ0n) is 16.1. The first-order valence-electron chi connectivity index (χ1n) is 9.19. The molecule has 8 heteroatoms. The van der Waals surface area contributed by atoms with Crippen LogP contribution in [0.2, 0.25) is 0 Å². The number of carbonyl (C=O) groups is 2. The maximum atomic E-state index is 12.6. The molecule has 2 heterocycles. The maximum Gasteiger partial charge on any atom is 0.348 e. The number of aromatic nitrogens is 2. The van der Waals surface area contributed by atoms with E-state index >= 15 is 0 Å². The number of hydrogen-bond acceptors (Lipinski definition) is 4. The second kappa shape index (κ2) is 8.82. The highest BCUT2D eigenvalue weighted by Crippen LogP contribution is 2.16. The molecule has 0 unspecified atom stereocenters. The lowest BCUT2D eigenvalue weighted by molar-refractivity contribution is -0.138. The fraction of sp³-hybridized carbons (Fsp3) is 0.667. The molecule has 144 valence electrons. The molecular weight excluding hydrogens is 334 g/mol. The van der Waals surface area contributed by atoms with Crippen molar-refractivity contribution in [1.29, 1.82) is 0 Å². The minimum atomic E-state index is -0.404. The lowest BCUT2D eigenvalue weighted by atomic mass is 10.0. The fourth-order valence-electron chi connectivity index (χ4n) is 3.25. The smallest absolute Gasteiger partial charge is 0.342 e. The molecule has 0 spiro atoms. The zero-order chi connectivity index (χ0) is 19.3. The van der Waals surface area contributed by atoms with Crippen LogP contribution in [0.5, 0.6) is 0 Å². The van der Waals surface area contributed by atoms with Crippen LogP contribution in [-0.2, 0) is 11.3 Å². The summed E-state index contributed by atoms with van der Waals surface area (Å²) in [5.41, 5.74) is 1.18. The van der Waals surface area contributed by atoms with Gasteiger partial charge in [-0.15, -0.1) is 0 Å². The number of urea groups is 1. The van der Waals surface area contributed by atoms with Crippen molar-refractivity contribution in [2.45, 2.75) is 52.6 Å². The van der Waals surface area contributed by atoms with Crippen molar-refractivity contribution in [2.24, 2.45) is 0 Å². The lowest BCUT2D eigenvalue weighted by Gasteiger charge is -2.39. The van der Waals surface area contributed by atoms with Crippen LogP contribution < -0.4 is 11.0 Å². The van der Waals surface area contributed by atoms with Crippen LogP contribution >= 0.6 is 0 Å². The van der Waals surface area contributed by atoms with E-state index in [1.165, 1.54) is 4.57 Å². The van der Waals surface area contributed by atoms with Crippen molar-refractivity contribution in [3.63, 3.8) is 0 Å². The second-order valence-corrected chi connectivity index (χ2v) is 6.82. The third-order valence-electron chi connectivity index (χ3n) is 4.76. The van der Waals surface area contributed by atoms with Crippen molar-refractivity contribution in [3.8, 4) is 0 Å². The van der Waals surface area contributed by atoms with Crippen LogP contribution in [0.3, 0.4) is 0 Å². The molecule has 3 amide bonds. The number of unbranched alkanes of at least 4 members (excludes halogenated alkanes) is 1. The first-order valence-corrected chi connectivity index (χ1v) is 9.19. The first kappa shape index (κ1) is 19.9. The van der Waals surface area contributed by atoms with Crippen molar-refractivity contribution in [3.05, 3.63) is 27.9 Å². The summed E-state index contributed by atoms with van der Waals surface area (Å²) in [7, 11) is 1.77. The Morgan fingerprint density at radius 1 is 1.31 bits per heavy atom. The topological polar surface area (TPSA) is 87.5 Å². The molecule has 0 radical (unpaired) electrons. The van der Waals surface area contributed by atoms with E-state index in [2.05, 4.69) is 17.2 Å². The molecule has 1 atom stereocenters. The summed E-state index contributed by atoms with van der Waals surface area (Å²) in [6.07, 6.45) is 2.55. The van der Waals surface area contributed by atoms with Crippen LogP contribution in [0, 0.1) is 13.8 Å². The summed E-state index contributed by atoms with van der Waals surface area (Å²) < 4.78 is 1.54. The van der Waals surface area contributed by atoms with Crippen LogP contribution in [0.4, 0.5) is 4.79 Å². The highest BCUT2D eigenvalue weighted by Gasteiger charge is 2.35. The maximum absolute atomic E-state index is 12.6. The highest BCUT2D eigenvalue weighted by molar-refractivity contribution is 5.88. The molecule has 1 aromatic rings. The van der Waals surface area contributed by atoms with Crippen molar-refractivity contribution < 1.29 is 9.59 Å². The molecule has 0 saturated carbocycles. The average molecular weight is 363 g/mol. The zero-order valence-corrected chi connectivity index (χ0v) is 16.1. The molecule has 1 aliphatic heterocycles. The molecule has 0 aliphatic carbocycles. The number of amides is 3. The van der Waals surface area contributed by atoms with Crippen LogP contribution in [0.1, 0.15) is 37.6 Å². The third-order valence-corrected chi connectivity index (χ3v) is 4.76. The summed E-state index contributed by atoms with van der Waals surface area (Å²) in [6, 6.07) is 1.18. The lowest BCUT2D eigenvalue weighted by Crippen LogP contribution is -2.59. The Morgan fingerprint density at radius 2 is 2.04 bits per heavy atom. The second-order valence-electron chi connectivity index (χ2n) is 6.82. The molecule has 1 aromatic heterocycles. The molecule has 1 aliphatic rings. The number of rotatable bonds is 6. The summed E-state index contributed by atoms with van der Waals surface area (Å²) in [6.45, 7) is 7.41. The summed E-state index contributed by atoms with van der Waals surface area (Å²) in [5.74, 6) is -0.00496. The SMILES string of the molecule is CCCC[C@@H]1C(=O)N(C)CCN1C(=O)NCCn1c(C)cc(C)nc1=O. The Hall–Kier alpha value is -2.38. The van der Waals surface area contributed by atoms with Crippen LogP contribution in [0.25, 0.3) is 0 Å². The Bertz CT molecular complexity index is 715. The van der Waals surface area contributed by atoms with E-state index in [1.807, 2.05) is 13.0 Å². The molecular formula is C18H29N5O3. The molecule has 8 nitrogen and oxygen atoms in total. The monoisotopic (exact) mass is 363 g/mol. The number of aryl methyl sites for hydroxylation is 2. The van der Waals surface area contributed by atoms with Gasteiger partial charge in [0.15, 0.2) is 0 Å². The van der Waals surface area contributed by atoms with E-state index < -0.39 is 6.04 Å². The Balaban J connectivity index is 1.98. The number of nitrogens with one attached hydrogen (secondary N) is 1. The van der Waals surface area contributed by atoms with Gasteiger partial charge in [-0.25, -0.2) is 9.59 Å². The molecule has 1 N–H and O–H groups in total. The quantitative estimate of drug-likeness (QED) is 0.813. The standard InChI is InChI=1S/C18H29N5O3/c1-5-6-7-15-16(24)21(4)10-11-23(15)17(25)19-8-9-22-14(3)12-13(2)20-18(22)26/h12,15H,5-11H2,1-4H3,(H,19,25)/t15-/m1/s1. The molecule has 0 aromatic carbocycles. The third kappa shape index (κ3) is 4.62.